The van der Waals surface area contributed by atoms with E-state index in [4.69, 9.17) is 23.7 Å². The highest BCUT2D eigenvalue weighted by Gasteiger charge is 2.30. The molecule has 416 valence electrons. The van der Waals surface area contributed by atoms with Gasteiger partial charge in [0.05, 0.1) is 49.6 Å². The summed E-state index contributed by atoms with van der Waals surface area (Å²) in [6.45, 7) is 11.2. The first-order valence-corrected chi connectivity index (χ1v) is 27.3. The van der Waals surface area contributed by atoms with Crippen LogP contribution in [0.25, 0.3) is 10.9 Å². The minimum atomic E-state index is -4.58. The fourth-order valence-corrected chi connectivity index (χ4v) is 9.45. The third-order valence-corrected chi connectivity index (χ3v) is 13.0. The number of fused-ring (bicyclic) bond motifs is 1. The molecule has 2 heterocycles. The second-order valence-electron chi connectivity index (χ2n) is 18.1. The number of rotatable bonds is 35. The predicted octanol–water partition coefficient (Wildman–Crippen LogP) is 2.04. The van der Waals surface area contributed by atoms with E-state index in [1.807, 2.05) is 4.68 Å². The van der Waals surface area contributed by atoms with E-state index in [1.165, 1.54) is 12.1 Å². The SMILES string of the molecule is Cc1cc(OCCCC(=O)NCCCOCCOCCOCCCNC(=O)[C@@H](CS(=O)(=O)O)NC(=O)OC(C)(C)C)cc(C)c1S(=O)(=O)N[C@@H](CNC(=O)c1ccc2c(cnn2CCCNc2ncc[nH]2)c1)C(=O)O. The van der Waals surface area contributed by atoms with Crippen LogP contribution < -0.4 is 36.0 Å². The molecular weight excluding hydrogens is 1020 g/mol. The molecule has 0 spiro atoms. The number of benzene rings is 2. The van der Waals surface area contributed by atoms with Gasteiger partial charge in [0.15, 0.2) is 5.95 Å². The number of aliphatic carboxylic acids is 1. The molecular formula is C47H70N10O16S2. The maximum Gasteiger partial charge on any atom is 0.408 e. The minimum absolute atomic E-state index is 0.116. The molecule has 28 heteroatoms. The van der Waals surface area contributed by atoms with Crippen LogP contribution in [0, 0.1) is 13.8 Å². The van der Waals surface area contributed by atoms with Crippen molar-refractivity contribution in [2.45, 2.75) is 95.8 Å². The Kier molecular flexibility index (Phi) is 24.6. The van der Waals surface area contributed by atoms with Gasteiger partial charge in [-0.1, -0.05) is 0 Å². The van der Waals surface area contributed by atoms with Gasteiger partial charge in [-0.15, -0.1) is 0 Å². The summed E-state index contributed by atoms with van der Waals surface area (Å²) >= 11 is 0. The van der Waals surface area contributed by atoms with Crippen molar-refractivity contribution in [3.8, 4) is 5.75 Å². The normalized spacial score (nSPS) is 12.7. The van der Waals surface area contributed by atoms with E-state index in [2.05, 4.69) is 46.4 Å². The lowest BCUT2D eigenvalue weighted by atomic mass is 10.1. The zero-order valence-corrected chi connectivity index (χ0v) is 44.4. The number of alkyl carbamates (subject to hydrolysis) is 1. The number of aromatic amines is 1. The third kappa shape index (κ3) is 22.9. The van der Waals surface area contributed by atoms with E-state index in [1.54, 1.807) is 71.4 Å². The summed E-state index contributed by atoms with van der Waals surface area (Å²) < 4.78 is 90.3. The zero-order valence-electron chi connectivity index (χ0n) is 42.8. The smallest absolute Gasteiger partial charge is 0.408 e. The number of carbonyl (C=O) groups is 5. The van der Waals surface area contributed by atoms with Gasteiger partial charge in [0.25, 0.3) is 16.0 Å². The van der Waals surface area contributed by atoms with Crippen LogP contribution in [0.2, 0.25) is 0 Å². The van der Waals surface area contributed by atoms with Gasteiger partial charge < -0.3 is 60.4 Å². The molecule has 0 bridgehead atoms. The molecule has 4 amide bonds. The molecule has 9 N–H and O–H groups in total. The predicted molar refractivity (Wildman–Crippen MR) is 273 cm³/mol. The molecule has 0 saturated heterocycles. The molecule has 0 aliphatic rings. The molecule has 26 nitrogen and oxygen atoms in total. The number of carboxylic acid groups (broad SMARTS) is 1. The van der Waals surface area contributed by atoms with Gasteiger partial charge in [-0.3, -0.25) is 28.4 Å². The number of sulfonamides is 1. The lowest BCUT2D eigenvalue weighted by Gasteiger charge is -2.22. The molecule has 4 aromatic rings. The highest BCUT2D eigenvalue weighted by atomic mass is 32.2. The zero-order chi connectivity index (χ0) is 55.0. The first-order valence-electron chi connectivity index (χ1n) is 24.2. The molecule has 75 heavy (non-hydrogen) atoms. The van der Waals surface area contributed by atoms with Crippen LogP contribution in [0.5, 0.6) is 5.75 Å². The first-order chi connectivity index (χ1) is 35.5. The first kappa shape index (κ1) is 61.1. The van der Waals surface area contributed by atoms with Crippen molar-refractivity contribution in [3.05, 3.63) is 65.6 Å². The van der Waals surface area contributed by atoms with Gasteiger partial charge in [0.2, 0.25) is 21.8 Å². The Bertz CT molecular complexity index is 2690. The summed E-state index contributed by atoms with van der Waals surface area (Å²) in [5.74, 6) is -3.05. The van der Waals surface area contributed by atoms with Gasteiger partial charge in [0.1, 0.15) is 29.2 Å². The molecule has 0 unspecified atom stereocenters. The van der Waals surface area contributed by atoms with Crippen molar-refractivity contribution in [3.63, 3.8) is 0 Å². The fourth-order valence-electron chi connectivity index (χ4n) is 7.15. The number of carboxylic acids is 1. The number of nitrogens with zero attached hydrogens (tertiary/aromatic N) is 3. The number of ether oxygens (including phenoxy) is 5. The molecule has 0 saturated carbocycles. The fraction of sp³-hybridized carbons (Fsp3) is 0.553. The number of aryl methyl sites for hydroxylation is 3. The summed E-state index contributed by atoms with van der Waals surface area (Å²) in [5, 5.41) is 28.2. The standard InChI is InChI=1S/C47H70N10O16S2/c1-32-26-36(72-21-6-10-40(58)48-14-8-19-69-22-24-71-25-23-70-20-9-15-49-43(60)38(31-74(64,65)66)55-46(63)73-47(3,4)5)27-33(2)41(32)75(67,68)56-37(44(61)62)30-53-42(59)34-11-12-39-35(28-34)29-54-57(39)18-7-13-50-45-51-16-17-52-45/h11-12,16-17,26-29,37-38,56H,6-10,13-15,18-25,30-31H2,1-5H3,(H,48,58)(H,49,60)(H,53,59)(H,55,63)(H,61,62)(H2,50,51,52)(H,64,65,66)/t37-,38+/m0/s1. The molecule has 2 aromatic carbocycles. The van der Waals surface area contributed by atoms with E-state index >= 15 is 0 Å². The van der Waals surface area contributed by atoms with Crippen LogP contribution in [0.1, 0.15) is 74.4 Å². The van der Waals surface area contributed by atoms with Crippen molar-refractivity contribution in [1.29, 1.82) is 0 Å². The Balaban J connectivity index is 1.04. The van der Waals surface area contributed by atoms with E-state index in [9.17, 15) is 50.5 Å². The van der Waals surface area contributed by atoms with Crippen LogP contribution in [-0.4, -0.2) is 172 Å². The van der Waals surface area contributed by atoms with Crippen molar-refractivity contribution in [1.82, 2.24) is 45.7 Å². The molecule has 0 aliphatic carbocycles. The molecule has 0 radical (unpaired) electrons. The van der Waals surface area contributed by atoms with Gasteiger partial charge >= 0.3 is 12.1 Å². The van der Waals surface area contributed by atoms with E-state index < -0.39 is 74.0 Å². The van der Waals surface area contributed by atoms with Crippen molar-refractivity contribution >= 4 is 66.8 Å². The van der Waals surface area contributed by atoms with Crippen LogP contribution >= 0.6 is 0 Å². The Hall–Kier alpha value is -6.43. The molecule has 4 rings (SSSR count). The lowest BCUT2D eigenvalue weighted by molar-refractivity contribution is -0.138. The Labute approximate surface area is 435 Å². The average molecular weight is 1100 g/mol. The second kappa shape index (κ2) is 30.2. The number of hydrogen-bond donors (Lipinski definition) is 9. The van der Waals surface area contributed by atoms with Crippen molar-refractivity contribution in [2.75, 3.05) is 83.5 Å². The summed E-state index contributed by atoms with van der Waals surface area (Å²) in [6, 6.07) is 4.74. The lowest BCUT2D eigenvalue weighted by Crippen LogP contribution is -2.51. The second-order valence-corrected chi connectivity index (χ2v) is 21.2. The van der Waals surface area contributed by atoms with Crippen LogP contribution in [-0.2, 0) is 60.0 Å². The quantitative estimate of drug-likeness (QED) is 0.0235. The number of aromatic nitrogens is 4. The van der Waals surface area contributed by atoms with E-state index in [0.717, 1.165) is 11.9 Å². The van der Waals surface area contributed by atoms with E-state index in [0.29, 0.717) is 86.9 Å². The molecule has 2 atom stereocenters. The number of amides is 4. The Morgan fingerprint density at radius 3 is 2.07 bits per heavy atom. The van der Waals surface area contributed by atoms with E-state index in [-0.39, 0.29) is 55.8 Å². The number of imidazole rings is 1. The number of carbonyl (C=O) groups excluding carboxylic acids is 4. The summed E-state index contributed by atoms with van der Waals surface area (Å²) in [6.07, 6.45) is 6.27. The summed E-state index contributed by atoms with van der Waals surface area (Å²) in [7, 11) is -8.96. The number of hydrogen-bond acceptors (Lipinski definition) is 17. The molecule has 2 aromatic heterocycles. The summed E-state index contributed by atoms with van der Waals surface area (Å²) in [4.78, 5) is 69.1. The van der Waals surface area contributed by atoms with Gasteiger partial charge in [0, 0.05) is 75.7 Å². The van der Waals surface area contributed by atoms with Crippen LogP contribution in [0.3, 0.4) is 0 Å². The monoisotopic (exact) mass is 1090 g/mol. The maximum atomic E-state index is 13.5. The Morgan fingerprint density at radius 2 is 1.45 bits per heavy atom. The summed E-state index contributed by atoms with van der Waals surface area (Å²) in [5.41, 5.74) is 0.770. The highest BCUT2D eigenvalue weighted by molar-refractivity contribution is 7.89. The van der Waals surface area contributed by atoms with Gasteiger partial charge in [-0.25, -0.2) is 18.2 Å². The highest BCUT2D eigenvalue weighted by Crippen LogP contribution is 2.26. The van der Waals surface area contributed by atoms with Gasteiger partial charge in [-0.2, -0.15) is 18.2 Å². The third-order valence-electron chi connectivity index (χ3n) is 10.5. The largest absolute Gasteiger partial charge is 0.494 e. The number of nitrogens with one attached hydrogen (secondary N) is 7. The maximum absolute atomic E-state index is 13.5. The minimum Gasteiger partial charge on any atom is -0.494 e. The average Bonchev–Trinajstić information content (AvgIpc) is 4.00. The van der Waals surface area contributed by atoms with Crippen LogP contribution in [0.15, 0.2) is 53.8 Å². The number of anilines is 1. The van der Waals surface area contributed by atoms with Crippen LogP contribution in [0.4, 0.5) is 10.7 Å². The van der Waals surface area contributed by atoms with Gasteiger partial charge in [-0.05, 0) is 102 Å². The topological polar surface area (TPSA) is 359 Å². The molecule has 0 aliphatic heterocycles. The van der Waals surface area contributed by atoms with Crippen molar-refractivity contribution < 1.29 is 74.2 Å². The van der Waals surface area contributed by atoms with Crippen molar-refractivity contribution in [2.24, 2.45) is 0 Å². The Morgan fingerprint density at radius 1 is 0.800 bits per heavy atom. The molecule has 0 fully saturated rings. The number of H-pyrrole nitrogens is 1.